The Morgan fingerprint density at radius 2 is 2.09 bits per heavy atom. The van der Waals surface area contributed by atoms with Gasteiger partial charge >= 0.3 is 0 Å². The first-order valence-corrected chi connectivity index (χ1v) is 8.78. The number of fused-ring (bicyclic) bond motifs is 1. The number of rotatable bonds is 5. The van der Waals surface area contributed by atoms with Gasteiger partial charge in [0.1, 0.15) is 6.29 Å². The Morgan fingerprint density at radius 1 is 1.36 bits per heavy atom. The third-order valence-electron chi connectivity index (χ3n) is 6.49. The van der Waals surface area contributed by atoms with Gasteiger partial charge in [-0.2, -0.15) is 0 Å². The number of hydrogen-bond acceptors (Lipinski definition) is 2. The summed E-state index contributed by atoms with van der Waals surface area (Å²) in [5.41, 5.74) is 2.81. The zero-order valence-corrected chi connectivity index (χ0v) is 14.5. The van der Waals surface area contributed by atoms with Crippen molar-refractivity contribution < 1.29 is 9.90 Å². The van der Waals surface area contributed by atoms with Gasteiger partial charge in [0.2, 0.25) is 0 Å². The van der Waals surface area contributed by atoms with Crippen LogP contribution in [0, 0.1) is 22.7 Å². The van der Waals surface area contributed by atoms with Crippen LogP contribution < -0.4 is 0 Å². The van der Waals surface area contributed by atoms with E-state index in [0.29, 0.717) is 23.2 Å². The van der Waals surface area contributed by atoms with E-state index in [1.807, 2.05) is 6.08 Å². The molecule has 2 heteroatoms. The third kappa shape index (κ3) is 3.22. The van der Waals surface area contributed by atoms with Crippen LogP contribution in [-0.4, -0.2) is 18.0 Å². The van der Waals surface area contributed by atoms with Crippen LogP contribution in [0.3, 0.4) is 0 Å². The molecule has 0 bridgehead atoms. The minimum absolute atomic E-state index is 0.0448. The smallest absolute Gasteiger partial charge is 0.145 e. The van der Waals surface area contributed by atoms with Crippen molar-refractivity contribution in [1.82, 2.24) is 0 Å². The van der Waals surface area contributed by atoms with Crippen LogP contribution in [0.4, 0.5) is 0 Å². The highest BCUT2D eigenvalue weighted by Gasteiger charge is 2.52. The van der Waals surface area contributed by atoms with Crippen LogP contribution in [0.1, 0.15) is 65.7 Å². The Balaban J connectivity index is 2.24. The maximum absolute atomic E-state index is 11.1. The van der Waals surface area contributed by atoms with E-state index in [-0.39, 0.29) is 6.61 Å². The molecule has 0 spiro atoms. The molecule has 2 nitrogen and oxygen atoms in total. The van der Waals surface area contributed by atoms with Crippen molar-refractivity contribution in [2.24, 2.45) is 22.7 Å². The van der Waals surface area contributed by atoms with Crippen molar-refractivity contribution in [1.29, 1.82) is 0 Å². The molecule has 0 amide bonds. The van der Waals surface area contributed by atoms with Crippen LogP contribution in [0.15, 0.2) is 23.8 Å². The van der Waals surface area contributed by atoms with Crippen molar-refractivity contribution >= 4 is 6.29 Å². The summed E-state index contributed by atoms with van der Waals surface area (Å²) >= 11 is 0. The van der Waals surface area contributed by atoms with E-state index in [1.165, 1.54) is 31.3 Å². The molecule has 2 aliphatic rings. The molecule has 2 aliphatic carbocycles. The highest BCUT2D eigenvalue weighted by molar-refractivity contribution is 5.73. The molecule has 2 rings (SSSR count). The molecule has 0 aromatic heterocycles. The highest BCUT2D eigenvalue weighted by atomic mass is 16.3. The van der Waals surface area contributed by atoms with E-state index in [2.05, 4.69) is 27.4 Å². The summed E-state index contributed by atoms with van der Waals surface area (Å²) in [6.07, 6.45) is 10.6. The number of carbonyl (C=O) groups excluding carboxylic acids is 1. The first kappa shape index (κ1) is 17.5. The monoisotopic (exact) mass is 304 g/mol. The standard InChI is InChI=1S/C20H32O2/c1-15-6-9-18-19(2,3)11-5-12-20(18,4)17(15)8-7-16(14-22)10-13-21/h7,14,17-18,21H,1,5-6,8-13H2,2-4H3/b16-7+/t17-,18-,20+/m0/s1. The van der Waals surface area contributed by atoms with Crippen LogP contribution in [0.2, 0.25) is 0 Å². The van der Waals surface area contributed by atoms with Crippen molar-refractivity contribution in [2.75, 3.05) is 6.61 Å². The van der Waals surface area contributed by atoms with Crippen molar-refractivity contribution in [2.45, 2.75) is 65.7 Å². The van der Waals surface area contributed by atoms with Crippen molar-refractivity contribution in [3.05, 3.63) is 23.8 Å². The molecule has 1 N–H and O–H groups in total. The molecule has 22 heavy (non-hydrogen) atoms. The molecular formula is C20H32O2. The molecule has 2 fully saturated rings. The number of aliphatic hydroxyl groups excluding tert-OH is 1. The fourth-order valence-corrected chi connectivity index (χ4v) is 5.32. The van der Waals surface area contributed by atoms with E-state index in [9.17, 15) is 4.79 Å². The Labute approximate surface area is 135 Å². The average molecular weight is 304 g/mol. The molecule has 124 valence electrons. The Kier molecular flexibility index (Phi) is 5.32. The summed E-state index contributed by atoms with van der Waals surface area (Å²) in [6.45, 7) is 11.7. The predicted molar refractivity (Wildman–Crippen MR) is 91.6 cm³/mol. The van der Waals surface area contributed by atoms with Gasteiger partial charge in [0.05, 0.1) is 0 Å². The molecule has 0 unspecified atom stereocenters. The van der Waals surface area contributed by atoms with Gasteiger partial charge in [-0.3, -0.25) is 4.79 Å². The Hall–Kier alpha value is -0.890. The molecule has 0 aromatic rings. The first-order valence-electron chi connectivity index (χ1n) is 8.78. The van der Waals surface area contributed by atoms with Crippen LogP contribution >= 0.6 is 0 Å². The normalized spacial score (nSPS) is 35.1. The largest absolute Gasteiger partial charge is 0.396 e. The summed E-state index contributed by atoms with van der Waals surface area (Å²) in [4.78, 5) is 11.1. The molecule has 2 saturated carbocycles. The van der Waals surface area contributed by atoms with Crippen LogP contribution in [-0.2, 0) is 4.79 Å². The van der Waals surface area contributed by atoms with Gasteiger partial charge in [0.25, 0.3) is 0 Å². The highest BCUT2D eigenvalue weighted by Crippen LogP contribution is 2.61. The van der Waals surface area contributed by atoms with Gasteiger partial charge in [-0.25, -0.2) is 0 Å². The second kappa shape index (κ2) is 6.70. The fraction of sp³-hybridized carbons (Fsp3) is 0.750. The van der Waals surface area contributed by atoms with E-state index in [0.717, 1.165) is 30.6 Å². The Morgan fingerprint density at radius 3 is 2.73 bits per heavy atom. The summed E-state index contributed by atoms with van der Waals surface area (Å²) in [6, 6.07) is 0. The molecule has 0 aliphatic heterocycles. The van der Waals surface area contributed by atoms with Crippen molar-refractivity contribution in [3.8, 4) is 0 Å². The third-order valence-corrected chi connectivity index (χ3v) is 6.49. The number of carbonyl (C=O) groups is 1. The lowest BCUT2D eigenvalue weighted by atomic mass is 9.47. The lowest BCUT2D eigenvalue weighted by Crippen LogP contribution is -2.49. The number of allylic oxidation sites excluding steroid dienone is 2. The summed E-state index contributed by atoms with van der Waals surface area (Å²) in [5.74, 6) is 1.22. The van der Waals surface area contributed by atoms with E-state index < -0.39 is 0 Å². The average Bonchev–Trinajstić information content (AvgIpc) is 2.44. The summed E-state index contributed by atoms with van der Waals surface area (Å²) in [7, 11) is 0. The quantitative estimate of drug-likeness (QED) is 0.455. The van der Waals surface area contributed by atoms with Crippen molar-refractivity contribution in [3.63, 3.8) is 0 Å². The minimum atomic E-state index is 0.0448. The second-order valence-electron chi connectivity index (χ2n) is 8.26. The lowest BCUT2D eigenvalue weighted by molar-refractivity contribution is -0.105. The number of aldehydes is 1. The van der Waals surface area contributed by atoms with E-state index in [1.54, 1.807) is 0 Å². The minimum Gasteiger partial charge on any atom is -0.396 e. The van der Waals surface area contributed by atoms with Gasteiger partial charge in [-0.1, -0.05) is 45.4 Å². The zero-order chi connectivity index (χ0) is 16.4. The van der Waals surface area contributed by atoms with E-state index in [4.69, 9.17) is 5.11 Å². The van der Waals surface area contributed by atoms with E-state index >= 15 is 0 Å². The SMILES string of the molecule is C=C1CC[C@H]2C(C)(C)CCC[C@]2(C)[C@H]1C/C=C(/C=O)CCO. The predicted octanol–water partition coefficient (Wildman–Crippen LogP) is 4.68. The molecule has 3 atom stereocenters. The summed E-state index contributed by atoms with van der Waals surface area (Å²) < 4.78 is 0. The number of hydrogen-bond donors (Lipinski definition) is 1. The topological polar surface area (TPSA) is 37.3 Å². The van der Waals surface area contributed by atoms with Crippen LogP contribution in [0.5, 0.6) is 0 Å². The van der Waals surface area contributed by atoms with Gasteiger partial charge in [0.15, 0.2) is 0 Å². The molecule has 0 saturated heterocycles. The second-order valence-corrected chi connectivity index (χ2v) is 8.26. The van der Waals surface area contributed by atoms with Gasteiger partial charge in [0, 0.05) is 6.61 Å². The summed E-state index contributed by atoms with van der Waals surface area (Å²) in [5, 5.41) is 9.05. The Bertz CT molecular complexity index is 460. The zero-order valence-electron chi connectivity index (χ0n) is 14.5. The molecule has 0 heterocycles. The maximum atomic E-state index is 11.1. The number of aliphatic hydroxyl groups is 1. The maximum Gasteiger partial charge on any atom is 0.145 e. The fourth-order valence-electron chi connectivity index (χ4n) is 5.32. The van der Waals surface area contributed by atoms with Gasteiger partial charge in [-0.15, -0.1) is 0 Å². The molecular weight excluding hydrogens is 272 g/mol. The van der Waals surface area contributed by atoms with Crippen LogP contribution in [0.25, 0.3) is 0 Å². The molecule has 0 radical (unpaired) electrons. The van der Waals surface area contributed by atoms with Gasteiger partial charge < -0.3 is 5.11 Å². The lowest BCUT2D eigenvalue weighted by Gasteiger charge is -2.58. The molecule has 0 aromatic carbocycles. The van der Waals surface area contributed by atoms with Gasteiger partial charge in [-0.05, 0) is 66.8 Å². The first-order chi connectivity index (χ1) is 10.3.